The SMILES string of the molecule is c1ccc(-c2cc(-c3cccc(-n4c5ccccc5c5c6oc7ccccc7c6c6c(c7ccccc7n6-c6ccccc6)c54)c3)nc(-c3ccccc3)n2)cc1. The molecule has 0 unspecified atom stereocenters. The smallest absolute Gasteiger partial charge is 0.160 e. The minimum atomic E-state index is 0.692. The van der Waals surface area contributed by atoms with E-state index in [1.54, 1.807) is 0 Å². The highest BCUT2D eigenvalue weighted by atomic mass is 16.3. The van der Waals surface area contributed by atoms with Gasteiger partial charge in [-0.15, -0.1) is 0 Å². The number of benzene rings is 8. The van der Waals surface area contributed by atoms with Crippen LogP contribution in [0.5, 0.6) is 0 Å². The average molecular weight is 729 g/mol. The number of fused-ring (bicyclic) bond motifs is 12. The third kappa shape index (κ3) is 4.76. The number of aromatic nitrogens is 4. The van der Waals surface area contributed by atoms with E-state index in [9.17, 15) is 0 Å². The molecule has 0 aliphatic heterocycles. The third-order valence-electron chi connectivity index (χ3n) is 11.3. The Labute approximate surface area is 327 Å². The van der Waals surface area contributed by atoms with Crippen molar-refractivity contribution in [1.29, 1.82) is 0 Å². The minimum Gasteiger partial charge on any atom is -0.455 e. The van der Waals surface area contributed by atoms with E-state index in [1.165, 1.54) is 10.8 Å². The van der Waals surface area contributed by atoms with Crippen molar-refractivity contribution in [3.63, 3.8) is 0 Å². The lowest BCUT2D eigenvalue weighted by molar-refractivity contribution is 0.673. The Morgan fingerprint density at radius 3 is 1.56 bits per heavy atom. The highest BCUT2D eigenvalue weighted by Crippen LogP contribution is 2.49. The zero-order valence-electron chi connectivity index (χ0n) is 30.7. The Hall–Kier alpha value is -7.76. The van der Waals surface area contributed by atoms with Crippen LogP contribution in [0.15, 0.2) is 199 Å². The van der Waals surface area contributed by atoms with Gasteiger partial charge in [0.25, 0.3) is 0 Å². The molecule has 0 saturated carbocycles. The number of furan rings is 1. The highest BCUT2D eigenvalue weighted by Gasteiger charge is 2.27. The summed E-state index contributed by atoms with van der Waals surface area (Å²) in [5.41, 5.74) is 13.1. The third-order valence-corrected chi connectivity index (χ3v) is 11.3. The van der Waals surface area contributed by atoms with E-state index >= 15 is 0 Å². The molecule has 266 valence electrons. The predicted molar refractivity (Wildman–Crippen MR) is 234 cm³/mol. The van der Waals surface area contributed by atoms with E-state index in [0.717, 1.165) is 94.2 Å². The molecule has 0 saturated heterocycles. The fourth-order valence-electron chi connectivity index (χ4n) is 8.87. The molecule has 0 N–H and O–H groups in total. The lowest BCUT2D eigenvalue weighted by atomic mass is 10.0. The van der Waals surface area contributed by atoms with Crippen molar-refractivity contribution in [2.75, 3.05) is 0 Å². The van der Waals surface area contributed by atoms with Crippen molar-refractivity contribution in [2.45, 2.75) is 0 Å². The highest BCUT2D eigenvalue weighted by molar-refractivity contribution is 6.39. The Balaban J connectivity index is 1.21. The van der Waals surface area contributed by atoms with Crippen LogP contribution in [-0.4, -0.2) is 19.1 Å². The molecule has 0 bridgehead atoms. The van der Waals surface area contributed by atoms with Gasteiger partial charge in [-0.3, -0.25) is 0 Å². The molecule has 57 heavy (non-hydrogen) atoms. The second kappa shape index (κ2) is 12.4. The normalized spacial score (nSPS) is 11.9. The number of hydrogen-bond donors (Lipinski definition) is 0. The van der Waals surface area contributed by atoms with Crippen LogP contribution in [0.3, 0.4) is 0 Å². The maximum absolute atomic E-state index is 6.98. The molecule has 0 spiro atoms. The molecule has 4 aromatic heterocycles. The summed E-state index contributed by atoms with van der Waals surface area (Å²) >= 11 is 0. The van der Waals surface area contributed by atoms with E-state index < -0.39 is 0 Å². The Bertz CT molecular complexity index is 3450. The van der Waals surface area contributed by atoms with Crippen LogP contribution in [0.2, 0.25) is 0 Å². The van der Waals surface area contributed by atoms with Crippen molar-refractivity contribution >= 4 is 65.6 Å². The van der Waals surface area contributed by atoms with E-state index in [0.29, 0.717) is 5.82 Å². The summed E-state index contributed by atoms with van der Waals surface area (Å²) in [7, 11) is 0. The van der Waals surface area contributed by atoms with Gasteiger partial charge >= 0.3 is 0 Å². The van der Waals surface area contributed by atoms with Gasteiger partial charge < -0.3 is 13.6 Å². The number of hydrogen-bond acceptors (Lipinski definition) is 3. The van der Waals surface area contributed by atoms with Gasteiger partial charge in [0.2, 0.25) is 0 Å². The van der Waals surface area contributed by atoms with Gasteiger partial charge in [-0.05, 0) is 48.5 Å². The molecular formula is C52H32N4O. The van der Waals surface area contributed by atoms with Gasteiger partial charge in [0.15, 0.2) is 5.82 Å². The van der Waals surface area contributed by atoms with Crippen LogP contribution in [0.1, 0.15) is 0 Å². The molecule has 0 aliphatic carbocycles. The molecule has 0 fully saturated rings. The molecule has 5 heteroatoms. The second-order valence-electron chi connectivity index (χ2n) is 14.5. The molecular weight excluding hydrogens is 697 g/mol. The van der Waals surface area contributed by atoms with Crippen molar-refractivity contribution in [3.05, 3.63) is 194 Å². The van der Waals surface area contributed by atoms with Crippen LogP contribution in [-0.2, 0) is 0 Å². The monoisotopic (exact) mass is 728 g/mol. The van der Waals surface area contributed by atoms with Crippen LogP contribution in [0.4, 0.5) is 0 Å². The Kier molecular flexibility index (Phi) is 6.86. The van der Waals surface area contributed by atoms with E-state index in [2.05, 4.69) is 179 Å². The molecule has 12 aromatic rings. The van der Waals surface area contributed by atoms with Gasteiger partial charge in [0.1, 0.15) is 11.2 Å². The van der Waals surface area contributed by atoms with Gasteiger partial charge in [-0.2, -0.15) is 0 Å². The number of nitrogens with zero attached hydrogens (tertiary/aromatic N) is 4. The molecule has 0 aliphatic rings. The summed E-state index contributed by atoms with van der Waals surface area (Å²) in [5, 5.41) is 6.83. The van der Waals surface area contributed by atoms with Crippen molar-refractivity contribution in [2.24, 2.45) is 0 Å². The van der Waals surface area contributed by atoms with Crippen LogP contribution in [0, 0.1) is 0 Å². The number of para-hydroxylation sites is 4. The summed E-state index contributed by atoms with van der Waals surface area (Å²) in [6.07, 6.45) is 0. The maximum Gasteiger partial charge on any atom is 0.160 e. The van der Waals surface area contributed by atoms with Gasteiger partial charge in [0, 0.05) is 49.6 Å². The minimum absolute atomic E-state index is 0.692. The first-order chi connectivity index (χ1) is 28.3. The fraction of sp³-hybridized carbons (Fsp3) is 0. The predicted octanol–water partition coefficient (Wildman–Crippen LogP) is 13.6. The summed E-state index contributed by atoms with van der Waals surface area (Å²) in [6.45, 7) is 0. The molecule has 4 heterocycles. The summed E-state index contributed by atoms with van der Waals surface area (Å²) in [5.74, 6) is 0.692. The lowest BCUT2D eigenvalue weighted by Gasteiger charge is -2.13. The first-order valence-electron chi connectivity index (χ1n) is 19.3. The first-order valence-corrected chi connectivity index (χ1v) is 19.3. The number of rotatable bonds is 5. The van der Waals surface area contributed by atoms with E-state index in [4.69, 9.17) is 14.4 Å². The lowest BCUT2D eigenvalue weighted by Crippen LogP contribution is -1.98. The summed E-state index contributed by atoms with van der Waals surface area (Å²) in [6, 6.07) is 68.1. The van der Waals surface area contributed by atoms with Crippen molar-refractivity contribution in [1.82, 2.24) is 19.1 Å². The fourth-order valence-corrected chi connectivity index (χ4v) is 8.87. The Morgan fingerprint density at radius 2 is 0.860 bits per heavy atom. The first kappa shape index (κ1) is 31.6. The largest absolute Gasteiger partial charge is 0.455 e. The molecule has 5 nitrogen and oxygen atoms in total. The molecule has 0 radical (unpaired) electrons. The molecule has 8 aromatic carbocycles. The Morgan fingerprint density at radius 1 is 0.368 bits per heavy atom. The average Bonchev–Trinajstić information content (AvgIpc) is 3.95. The second-order valence-corrected chi connectivity index (χ2v) is 14.5. The molecule has 0 atom stereocenters. The van der Waals surface area contributed by atoms with Crippen LogP contribution >= 0.6 is 0 Å². The zero-order valence-corrected chi connectivity index (χ0v) is 30.7. The van der Waals surface area contributed by atoms with Crippen LogP contribution in [0.25, 0.3) is 111 Å². The quantitative estimate of drug-likeness (QED) is 0.177. The van der Waals surface area contributed by atoms with Gasteiger partial charge in [-0.1, -0.05) is 146 Å². The van der Waals surface area contributed by atoms with Crippen LogP contribution < -0.4 is 0 Å². The topological polar surface area (TPSA) is 48.8 Å². The maximum atomic E-state index is 6.98. The van der Waals surface area contributed by atoms with E-state index in [1.807, 2.05) is 24.3 Å². The van der Waals surface area contributed by atoms with Gasteiger partial charge in [-0.25, -0.2) is 9.97 Å². The summed E-state index contributed by atoms with van der Waals surface area (Å²) in [4.78, 5) is 10.3. The molecule has 0 amide bonds. The van der Waals surface area contributed by atoms with Gasteiger partial charge in [0.05, 0.1) is 44.2 Å². The van der Waals surface area contributed by atoms with Crippen molar-refractivity contribution in [3.8, 4) is 45.3 Å². The zero-order chi connectivity index (χ0) is 37.5. The van der Waals surface area contributed by atoms with Crippen molar-refractivity contribution < 1.29 is 4.42 Å². The summed E-state index contributed by atoms with van der Waals surface area (Å²) < 4.78 is 11.8. The standard InChI is InChI=1S/C52H32N4O/c1-4-17-33(18-5-1)41-32-42(54-52(53-41)34-19-6-2-7-20-34)35-21-16-24-37(31-35)56-44-29-14-11-26-39(44)47-49(56)46-38-25-10-13-28-43(38)55(36-22-8-3-9-23-36)50(46)48-40-27-12-15-30-45(40)57-51(47)48/h1-32H. The van der Waals surface area contributed by atoms with E-state index in [-0.39, 0.29) is 0 Å². The molecule has 12 rings (SSSR count).